The number of aliphatic imine (C=N–C) groups is 1. The molecule has 2 aromatic heterocycles. The van der Waals surface area contributed by atoms with Gasteiger partial charge in [0.15, 0.2) is 0 Å². The molecule has 0 aliphatic carbocycles. The Bertz CT molecular complexity index is 938. The molecule has 7 nitrogen and oxygen atoms in total. The van der Waals surface area contributed by atoms with Gasteiger partial charge in [-0.2, -0.15) is 0 Å². The zero-order valence-electron chi connectivity index (χ0n) is 15.5. The van der Waals surface area contributed by atoms with Gasteiger partial charge in [-0.3, -0.25) is 9.79 Å². The molecule has 1 atom stereocenters. The number of fused-ring (bicyclic) bond motifs is 1. The van der Waals surface area contributed by atoms with E-state index in [0.717, 1.165) is 22.1 Å². The fourth-order valence-electron chi connectivity index (χ4n) is 3.46. The third kappa shape index (κ3) is 3.37. The predicted octanol–water partition coefficient (Wildman–Crippen LogP) is 2.25. The maximum Gasteiger partial charge on any atom is 0.270 e. The predicted molar refractivity (Wildman–Crippen MR) is 108 cm³/mol. The number of rotatable bonds is 4. The minimum Gasteiger partial charge on any atom is -0.403 e. The Balaban J connectivity index is 1.57. The Labute approximate surface area is 166 Å². The number of carbonyl (C=O) groups is 1. The first-order valence-electron chi connectivity index (χ1n) is 9.11. The van der Waals surface area contributed by atoms with Crippen molar-refractivity contribution in [3.05, 3.63) is 40.8 Å². The normalized spacial score (nSPS) is 20.3. The molecule has 0 bridgehead atoms. The minimum atomic E-state index is -0.786. The van der Waals surface area contributed by atoms with Crippen molar-refractivity contribution in [3.8, 4) is 10.6 Å². The Morgan fingerprint density at radius 1 is 1.43 bits per heavy atom. The first-order chi connectivity index (χ1) is 13.6. The molecule has 2 N–H and O–H groups in total. The van der Waals surface area contributed by atoms with Crippen LogP contribution < -0.4 is 10.6 Å². The quantitative estimate of drug-likeness (QED) is 0.796. The largest absolute Gasteiger partial charge is 0.403 e. The van der Waals surface area contributed by atoms with Gasteiger partial charge >= 0.3 is 0 Å². The average Bonchev–Trinajstić information content (AvgIpc) is 3.34. The maximum absolute atomic E-state index is 13.4. The molecule has 2 aromatic rings. The molecule has 146 valence electrons. The van der Waals surface area contributed by atoms with Crippen LogP contribution in [0.5, 0.6) is 0 Å². The summed E-state index contributed by atoms with van der Waals surface area (Å²) in [6.45, 7) is 1.59. The van der Waals surface area contributed by atoms with Crippen molar-refractivity contribution >= 4 is 29.3 Å². The molecule has 1 amide bonds. The van der Waals surface area contributed by atoms with Crippen LogP contribution in [0, 0.1) is 0 Å². The average molecular weight is 400 g/mol. The lowest BCUT2D eigenvalue weighted by Crippen LogP contribution is -2.37. The number of anilines is 1. The zero-order valence-corrected chi connectivity index (χ0v) is 16.3. The van der Waals surface area contributed by atoms with Crippen molar-refractivity contribution in [2.45, 2.75) is 19.0 Å². The summed E-state index contributed by atoms with van der Waals surface area (Å²) in [5.41, 5.74) is 7.88. The topological polar surface area (TPSA) is 87.7 Å². The van der Waals surface area contributed by atoms with Crippen LogP contribution in [0.1, 0.15) is 21.8 Å². The van der Waals surface area contributed by atoms with E-state index < -0.39 is 6.17 Å². The van der Waals surface area contributed by atoms with Gasteiger partial charge in [-0.05, 0) is 18.6 Å². The van der Waals surface area contributed by atoms with Crippen LogP contribution in [0.15, 0.2) is 35.2 Å². The Kier molecular flexibility index (Phi) is 5.08. The van der Waals surface area contributed by atoms with Crippen molar-refractivity contribution in [1.29, 1.82) is 0 Å². The van der Waals surface area contributed by atoms with Gasteiger partial charge in [-0.25, -0.2) is 14.4 Å². The first kappa shape index (κ1) is 18.5. The number of amides is 1. The van der Waals surface area contributed by atoms with Crippen LogP contribution in [0.3, 0.4) is 0 Å². The lowest BCUT2D eigenvalue weighted by molar-refractivity contribution is 0.0805. The second-order valence-corrected chi connectivity index (χ2v) is 7.72. The number of aromatic nitrogens is 2. The molecule has 4 rings (SSSR count). The summed E-state index contributed by atoms with van der Waals surface area (Å²) in [6.07, 6.45) is 5.12. The number of allylic oxidation sites excluding steroid dienone is 1. The Morgan fingerprint density at radius 3 is 2.93 bits per heavy atom. The summed E-state index contributed by atoms with van der Waals surface area (Å²) in [5.74, 6) is 0.654. The van der Waals surface area contributed by atoms with Crippen molar-refractivity contribution in [2.24, 2.45) is 10.7 Å². The van der Waals surface area contributed by atoms with Crippen molar-refractivity contribution in [1.82, 2.24) is 14.9 Å². The van der Waals surface area contributed by atoms with E-state index in [1.807, 2.05) is 17.0 Å². The molecule has 2 aliphatic rings. The standard InChI is InChI=1S/C19H21FN6OS/c1-22-10-14(8-21)26-7-5-15-17(19(26)27)28-18(24-15)12-2-3-16(23-9-12)25-6-4-13(20)11-25/h2-3,8-10,13H,4-7,11,21H2,1H3/b14-8+,22-10?/t13-/m1/s1. The van der Waals surface area contributed by atoms with E-state index in [2.05, 4.69) is 15.0 Å². The molecule has 0 radical (unpaired) electrons. The smallest absolute Gasteiger partial charge is 0.270 e. The highest BCUT2D eigenvalue weighted by Gasteiger charge is 2.30. The van der Waals surface area contributed by atoms with E-state index in [1.54, 1.807) is 24.4 Å². The summed E-state index contributed by atoms with van der Waals surface area (Å²) < 4.78 is 13.4. The van der Waals surface area contributed by atoms with Crippen molar-refractivity contribution in [3.63, 3.8) is 0 Å². The SMILES string of the molecule is CN=C/C(=C\N)N1CCc2nc(-c3ccc(N4CC[C@@H](F)C4)nc3)sc2C1=O. The second kappa shape index (κ2) is 7.67. The van der Waals surface area contributed by atoms with Gasteiger partial charge in [0, 0.05) is 50.7 Å². The third-order valence-corrected chi connectivity index (χ3v) is 6.04. The highest BCUT2D eigenvalue weighted by molar-refractivity contribution is 7.17. The van der Waals surface area contributed by atoms with Gasteiger partial charge in [-0.15, -0.1) is 11.3 Å². The molecular weight excluding hydrogens is 379 g/mol. The maximum atomic E-state index is 13.4. The van der Waals surface area contributed by atoms with Gasteiger partial charge in [0.2, 0.25) is 0 Å². The van der Waals surface area contributed by atoms with Gasteiger partial charge in [0.05, 0.1) is 17.9 Å². The number of hydrogen-bond donors (Lipinski definition) is 1. The fourth-order valence-corrected chi connectivity index (χ4v) is 4.51. The lowest BCUT2D eigenvalue weighted by atomic mass is 10.1. The Morgan fingerprint density at radius 2 is 2.29 bits per heavy atom. The van der Waals surface area contributed by atoms with E-state index in [0.29, 0.717) is 43.1 Å². The van der Waals surface area contributed by atoms with Crippen LogP contribution >= 0.6 is 11.3 Å². The third-order valence-electron chi connectivity index (χ3n) is 4.90. The van der Waals surface area contributed by atoms with Crippen LogP contribution in [0.4, 0.5) is 10.2 Å². The number of thiazole rings is 1. The van der Waals surface area contributed by atoms with Crippen LogP contribution in [0.25, 0.3) is 10.6 Å². The monoisotopic (exact) mass is 400 g/mol. The zero-order chi connectivity index (χ0) is 19.7. The Hall–Kier alpha value is -2.81. The minimum absolute atomic E-state index is 0.114. The number of halogens is 1. The lowest BCUT2D eigenvalue weighted by Gasteiger charge is -2.26. The highest BCUT2D eigenvalue weighted by atomic mass is 32.1. The molecule has 4 heterocycles. The molecule has 0 saturated carbocycles. The fraction of sp³-hybridized carbons (Fsp3) is 0.368. The van der Waals surface area contributed by atoms with Crippen LogP contribution in [-0.2, 0) is 6.42 Å². The van der Waals surface area contributed by atoms with E-state index in [4.69, 9.17) is 5.73 Å². The van der Waals surface area contributed by atoms with E-state index in [9.17, 15) is 9.18 Å². The molecule has 2 aliphatic heterocycles. The highest BCUT2D eigenvalue weighted by Crippen LogP contribution is 2.33. The molecule has 1 saturated heterocycles. The van der Waals surface area contributed by atoms with E-state index >= 15 is 0 Å². The number of pyridine rings is 1. The summed E-state index contributed by atoms with van der Waals surface area (Å²) in [6, 6.07) is 3.81. The number of alkyl halides is 1. The molecule has 28 heavy (non-hydrogen) atoms. The van der Waals surface area contributed by atoms with Crippen LogP contribution in [-0.4, -0.2) is 59.8 Å². The summed E-state index contributed by atoms with van der Waals surface area (Å²) >= 11 is 1.36. The second-order valence-electron chi connectivity index (χ2n) is 6.72. The molecule has 0 unspecified atom stereocenters. The molecule has 9 heteroatoms. The van der Waals surface area contributed by atoms with E-state index in [-0.39, 0.29) is 5.91 Å². The molecular formula is C19H21FN6OS. The van der Waals surface area contributed by atoms with Crippen LogP contribution in [0.2, 0.25) is 0 Å². The van der Waals surface area contributed by atoms with Crippen molar-refractivity contribution in [2.75, 3.05) is 31.6 Å². The number of hydrogen-bond acceptors (Lipinski definition) is 7. The van der Waals surface area contributed by atoms with Gasteiger partial charge in [0.1, 0.15) is 21.9 Å². The molecule has 1 fully saturated rings. The van der Waals surface area contributed by atoms with Gasteiger partial charge in [-0.1, -0.05) is 0 Å². The molecule has 0 aromatic carbocycles. The number of carbonyl (C=O) groups excluding carboxylic acids is 1. The molecule has 0 spiro atoms. The number of nitrogens with two attached hydrogens (primary N) is 1. The van der Waals surface area contributed by atoms with Crippen molar-refractivity contribution < 1.29 is 9.18 Å². The number of nitrogens with zero attached hydrogens (tertiary/aromatic N) is 5. The van der Waals surface area contributed by atoms with Gasteiger partial charge in [0.25, 0.3) is 5.91 Å². The first-order valence-corrected chi connectivity index (χ1v) is 9.93. The van der Waals surface area contributed by atoms with Gasteiger partial charge < -0.3 is 15.5 Å². The summed E-state index contributed by atoms with van der Waals surface area (Å²) in [4.78, 5) is 30.1. The summed E-state index contributed by atoms with van der Waals surface area (Å²) in [7, 11) is 1.64. The van der Waals surface area contributed by atoms with E-state index in [1.165, 1.54) is 17.5 Å². The summed E-state index contributed by atoms with van der Waals surface area (Å²) in [5, 5.41) is 0.756.